The highest BCUT2D eigenvalue weighted by Gasteiger charge is 2.19. The molecule has 0 amide bonds. The lowest BCUT2D eigenvalue weighted by Gasteiger charge is -2.13. The summed E-state index contributed by atoms with van der Waals surface area (Å²) in [7, 11) is 1.53. The van der Waals surface area contributed by atoms with Crippen LogP contribution in [0.4, 0.5) is 0 Å². The van der Waals surface area contributed by atoms with Crippen molar-refractivity contribution in [2.45, 2.75) is 13.8 Å². The highest BCUT2D eigenvalue weighted by molar-refractivity contribution is 5.90. The average molecular weight is 296 g/mol. The third-order valence-electron chi connectivity index (χ3n) is 3.82. The standard InChI is InChI=1S/C18H16O4/c1-10-16(20)15-13(19)9-14(12-7-5-4-6-8-12)22-18(15)11(2)17(10)21-3/h4-9,20H,1-3H3. The van der Waals surface area contributed by atoms with Gasteiger partial charge in [-0.05, 0) is 13.8 Å². The van der Waals surface area contributed by atoms with Gasteiger partial charge in [-0.3, -0.25) is 4.79 Å². The first kappa shape index (κ1) is 14.2. The zero-order chi connectivity index (χ0) is 15.9. The fraction of sp³-hybridized carbons (Fsp3) is 0.167. The average Bonchev–Trinajstić information content (AvgIpc) is 2.53. The van der Waals surface area contributed by atoms with E-state index in [9.17, 15) is 9.90 Å². The van der Waals surface area contributed by atoms with Gasteiger partial charge in [0.25, 0.3) is 0 Å². The Labute approximate surface area is 127 Å². The van der Waals surface area contributed by atoms with E-state index in [4.69, 9.17) is 9.15 Å². The molecular weight excluding hydrogens is 280 g/mol. The van der Waals surface area contributed by atoms with Gasteiger partial charge in [0, 0.05) is 22.8 Å². The number of phenols is 1. The first-order chi connectivity index (χ1) is 10.5. The van der Waals surface area contributed by atoms with Crippen molar-refractivity contribution in [3.8, 4) is 22.8 Å². The van der Waals surface area contributed by atoms with E-state index < -0.39 is 0 Å². The van der Waals surface area contributed by atoms with Crippen molar-refractivity contribution in [1.82, 2.24) is 0 Å². The highest BCUT2D eigenvalue weighted by Crippen LogP contribution is 2.38. The number of ether oxygens (including phenoxy) is 1. The molecule has 4 nitrogen and oxygen atoms in total. The van der Waals surface area contributed by atoms with Crippen LogP contribution in [-0.4, -0.2) is 12.2 Å². The lowest BCUT2D eigenvalue weighted by Crippen LogP contribution is -2.04. The van der Waals surface area contributed by atoms with Crippen LogP contribution in [0.15, 0.2) is 45.6 Å². The summed E-state index contributed by atoms with van der Waals surface area (Å²) in [6.45, 7) is 3.52. The molecule has 0 fully saturated rings. The van der Waals surface area contributed by atoms with Crippen molar-refractivity contribution < 1.29 is 14.3 Å². The van der Waals surface area contributed by atoms with Gasteiger partial charge in [-0.15, -0.1) is 0 Å². The van der Waals surface area contributed by atoms with Crippen LogP contribution in [0.1, 0.15) is 11.1 Å². The van der Waals surface area contributed by atoms with Gasteiger partial charge in [-0.25, -0.2) is 0 Å². The minimum atomic E-state index is -0.272. The molecule has 3 rings (SSSR count). The van der Waals surface area contributed by atoms with Gasteiger partial charge in [-0.1, -0.05) is 30.3 Å². The Bertz CT molecular complexity index is 908. The van der Waals surface area contributed by atoms with Gasteiger partial charge in [-0.2, -0.15) is 0 Å². The van der Waals surface area contributed by atoms with Crippen molar-refractivity contribution in [2.75, 3.05) is 7.11 Å². The molecule has 0 atom stereocenters. The van der Waals surface area contributed by atoms with E-state index >= 15 is 0 Å². The zero-order valence-corrected chi connectivity index (χ0v) is 12.6. The Hall–Kier alpha value is -2.75. The molecule has 0 aliphatic heterocycles. The van der Waals surface area contributed by atoms with E-state index in [1.54, 1.807) is 6.92 Å². The van der Waals surface area contributed by atoms with Crippen molar-refractivity contribution >= 4 is 11.0 Å². The summed E-state index contributed by atoms with van der Waals surface area (Å²) in [5.74, 6) is 0.899. The van der Waals surface area contributed by atoms with Gasteiger partial charge < -0.3 is 14.3 Å². The molecule has 0 saturated carbocycles. The largest absolute Gasteiger partial charge is 0.507 e. The van der Waals surface area contributed by atoms with E-state index in [1.807, 2.05) is 37.3 Å². The Morgan fingerprint density at radius 1 is 1.09 bits per heavy atom. The third-order valence-corrected chi connectivity index (χ3v) is 3.82. The topological polar surface area (TPSA) is 59.7 Å². The summed E-state index contributed by atoms with van der Waals surface area (Å²) >= 11 is 0. The number of aryl methyl sites for hydroxylation is 1. The van der Waals surface area contributed by atoms with E-state index in [0.29, 0.717) is 28.2 Å². The molecule has 0 aliphatic rings. The Balaban J connectivity index is 2.42. The van der Waals surface area contributed by atoms with Crippen molar-refractivity contribution in [3.05, 3.63) is 57.7 Å². The van der Waals surface area contributed by atoms with E-state index in [-0.39, 0.29) is 16.6 Å². The molecule has 0 aliphatic carbocycles. The number of hydrogen-bond acceptors (Lipinski definition) is 4. The molecule has 0 saturated heterocycles. The summed E-state index contributed by atoms with van der Waals surface area (Å²) in [6, 6.07) is 10.8. The Morgan fingerprint density at radius 3 is 2.41 bits per heavy atom. The Kier molecular flexibility index (Phi) is 3.37. The smallest absolute Gasteiger partial charge is 0.197 e. The first-order valence-electron chi connectivity index (χ1n) is 6.94. The molecule has 112 valence electrons. The molecule has 0 spiro atoms. The molecule has 0 radical (unpaired) electrons. The third kappa shape index (κ3) is 2.04. The molecule has 22 heavy (non-hydrogen) atoms. The fourth-order valence-electron chi connectivity index (χ4n) is 2.71. The molecule has 1 aromatic heterocycles. The lowest BCUT2D eigenvalue weighted by atomic mass is 10.0. The van der Waals surface area contributed by atoms with Crippen molar-refractivity contribution in [2.24, 2.45) is 0 Å². The maximum atomic E-state index is 12.4. The summed E-state index contributed by atoms with van der Waals surface area (Å²) in [6.07, 6.45) is 0. The molecule has 2 aromatic carbocycles. The predicted molar refractivity (Wildman–Crippen MR) is 85.6 cm³/mol. The zero-order valence-electron chi connectivity index (χ0n) is 12.6. The van der Waals surface area contributed by atoms with Crippen LogP contribution < -0.4 is 10.2 Å². The van der Waals surface area contributed by atoms with Crippen molar-refractivity contribution in [3.63, 3.8) is 0 Å². The van der Waals surface area contributed by atoms with Crippen LogP contribution in [-0.2, 0) is 0 Å². The first-order valence-corrected chi connectivity index (χ1v) is 6.94. The second-order valence-electron chi connectivity index (χ2n) is 5.18. The molecular formula is C18H16O4. The minimum absolute atomic E-state index is 0.0918. The number of phenolic OH excluding ortho intramolecular Hbond substituents is 1. The van der Waals surface area contributed by atoms with E-state index in [2.05, 4.69) is 0 Å². The van der Waals surface area contributed by atoms with Crippen LogP contribution in [0.5, 0.6) is 11.5 Å². The molecule has 0 unspecified atom stereocenters. The molecule has 1 heterocycles. The van der Waals surface area contributed by atoms with Gasteiger partial charge in [0.2, 0.25) is 0 Å². The number of fused-ring (bicyclic) bond motifs is 1. The molecule has 3 aromatic rings. The van der Waals surface area contributed by atoms with Gasteiger partial charge >= 0.3 is 0 Å². The summed E-state index contributed by atoms with van der Waals surface area (Å²) in [5.41, 5.74) is 2.12. The summed E-state index contributed by atoms with van der Waals surface area (Å²) in [4.78, 5) is 12.4. The maximum absolute atomic E-state index is 12.4. The fourth-order valence-corrected chi connectivity index (χ4v) is 2.71. The van der Waals surface area contributed by atoms with Crippen molar-refractivity contribution in [1.29, 1.82) is 0 Å². The van der Waals surface area contributed by atoms with Gasteiger partial charge in [0.1, 0.15) is 28.2 Å². The van der Waals surface area contributed by atoms with E-state index in [1.165, 1.54) is 13.2 Å². The number of rotatable bonds is 2. The minimum Gasteiger partial charge on any atom is -0.507 e. The van der Waals surface area contributed by atoms with Crippen LogP contribution >= 0.6 is 0 Å². The van der Waals surface area contributed by atoms with Crippen LogP contribution in [0.3, 0.4) is 0 Å². The summed E-state index contributed by atoms with van der Waals surface area (Å²) in [5, 5.41) is 10.5. The van der Waals surface area contributed by atoms with E-state index in [0.717, 1.165) is 5.56 Å². The maximum Gasteiger partial charge on any atom is 0.197 e. The monoisotopic (exact) mass is 296 g/mol. The second-order valence-corrected chi connectivity index (χ2v) is 5.18. The highest BCUT2D eigenvalue weighted by atomic mass is 16.5. The number of hydrogen-bond donors (Lipinski definition) is 1. The second kappa shape index (κ2) is 5.22. The number of benzene rings is 2. The normalized spacial score (nSPS) is 10.9. The van der Waals surface area contributed by atoms with Crippen LogP contribution in [0.25, 0.3) is 22.3 Å². The summed E-state index contributed by atoms with van der Waals surface area (Å²) < 4.78 is 11.2. The van der Waals surface area contributed by atoms with Gasteiger partial charge in [0.15, 0.2) is 5.43 Å². The molecule has 0 bridgehead atoms. The number of methoxy groups -OCH3 is 1. The Morgan fingerprint density at radius 2 is 1.77 bits per heavy atom. The van der Waals surface area contributed by atoms with Gasteiger partial charge in [0.05, 0.1) is 7.11 Å². The van der Waals surface area contributed by atoms with Crippen LogP contribution in [0.2, 0.25) is 0 Å². The molecule has 4 heteroatoms. The predicted octanol–water partition coefficient (Wildman–Crippen LogP) is 3.79. The number of aromatic hydroxyl groups is 1. The lowest BCUT2D eigenvalue weighted by molar-refractivity contribution is 0.400. The molecule has 1 N–H and O–H groups in total. The quantitative estimate of drug-likeness (QED) is 0.781. The van der Waals surface area contributed by atoms with Crippen LogP contribution in [0, 0.1) is 13.8 Å². The SMILES string of the molecule is COc1c(C)c(O)c2c(=O)cc(-c3ccccc3)oc2c1C.